The molecule has 1 rings (SSSR count). The van der Waals surface area contributed by atoms with Crippen molar-refractivity contribution >= 4 is 0 Å². The van der Waals surface area contributed by atoms with Gasteiger partial charge < -0.3 is 14.9 Å². The van der Waals surface area contributed by atoms with Crippen molar-refractivity contribution in [1.29, 1.82) is 0 Å². The average Bonchev–Trinajstić information content (AvgIpc) is 1.98. The topological polar surface area (TPSA) is 49.7 Å². The first kappa shape index (κ1) is 5.94. The van der Waals surface area contributed by atoms with Crippen LogP contribution in [0.2, 0.25) is 0 Å². The zero-order valence-corrected chi connectivity index (χ0v) is 4.12. The summed E-state index contributed by atoms with van der Waals surface area (Å²) in [6.07, 6.45) is -4.11. The third-order valence-electron chi connectivity index (χ3n) is 1.09. The number of alkyl halides is 1. The Balaban J connectivity index is 2.44. The molecule has 0 spiro atoms. The van der Waals surface area contributed by atoms with Gasteiger partial charge in [0.15, 0.2) is 0 Å². The van der Waals surface area contributed by atoms with Crippen LogP contribution in [0.3, 0.4) is 0 Å². The molecule has 0 radical (unpaired) electrons. The largest absolute Gasteiger partial charge is 0.388 e. The summed E-state index contributed by atoms with van der Waals surface area (Å²) in [5.74, 6) is 0. The minimum absolute atomic E-state index is 0.109. The van der Waals surface area contributed by atoms with Gasteiger partial charge in [0.2, 0.25) is 6.36 Å². The van der Waals surface area contributed by atoms with Gasteiger partial charge >= 0.3 is 0 Å². The second-order valence-corrected chi connectivity index (χ2v) is 1.74. The van der Waals surface area contributed by atoms with E-state index in [2.05, 4.69) is 4.74 Å². The lowest BCUT2D eigenvalue weighted by Crippen LogP contribution is -2.26. The van der Waals surface area contributed by atoms with Crippen LogP contribution in [0, 0.1) is 0 Å². The summed E-state index contributed by atoms with van der Waals surface area (Å²) < 4.78 is 16.1. The maximum atomic E-state index is 11.9. The van der Waals surface area contributed by atoms with Crippen LogP contribution < -0.4 is 0 Å². The highest BCUT2D eigenvalue weighted by atomic mass is 19.1. The molecule has 0 bridgehead atoms. The van der Waals surface area contributed by atoms with E-state index in [1.54, 1.807) is 0 Å². The molecule has 1 aliphatic heterocycles. The molecule has 0 saturated carbocycles. The fourth-order valence-electron chi connectivity index (χ4n) is 0.562. The van der Waals surface area contributed by atoms with Crippen molar-refractivity contribution in [3.63, 3.8) is 0 Å². The normalized spacial score (nSPS) is 47.6. The molecular formula is C4H7FO3. The summed E-state index contributed by atoms with van der Waals surface area (Å²) in [6.45, 7) is -0.109. The first-order valence-corrected chi connectivity index (χ1v) is 2.33. The van der Waals surface area contributed by atoms with E-state index in [4.69, 9.17) is 10.2 Å². The number of aliphatic hydroxyl groups is 2. The highest BCUT2D eigenvalue weighted by molar-refractivity contribution is 4.75. The van der Waals surface area contributed by atoms with Gasteiger partial charge in [-0.2, -0.15) is 0 Å². The molecule has 1 unspecified atom stereocenters. The molecule has 8 heavy (non-hydrogen) atoms. The van der Waals surface area contributed by atoms with Crippen LogP contribution in [-0.4, -0.2) is 35.4 Å². The molecule has 1 saturated heterocycles. The van der Waals surface area contributed by atoms with E-state index in [0.29, 0.717) is 0 Å². The van der Waals surface area contributed by atoms with E-state index in [-0.39, 0.29) is 6.61 Å². The Bertz CT molecular complexity index is 77.4. The van der Waals surface area contributed by atoms with Crippen LogP contribution in [-0.2, 0) is 4.74 Å². The summed E-state index contributed by atoms with van der Waals surface area (Å²) in [4.78, 5) is 0. The summed E-state index contributed by atoms with van der Waals surface area (Å²) in [6, 6.07) is 0. The van der Waals surface area contributed by atoms with E-state index in [0.717, 1.165) is 0 Å². The number of rotatable bonds is 0. The molecule has 2 N–H and O–H groups in total. The quantitative estimate of drug-likeness (QED) is 0.435. The van der Waals surface area contributed by atoms with Crippen molar-refractivity contribution in [3.05, 3.63) is 0 Å². The third-order valence-corrected chi connectivity index (χ3v) is 1.09. The third kappa shape index (κ3) is 0.819. The Morgan fingerprint density at radius 2 is 2.12 bits per heavy atom. The number of halogens is 1. The zero-order chi connectivity index (χ0) is 6.15. The summed E-state index contributed by atoms with van der Waals surface area (Å²) >= 11 is 0. The lowest BCUT2D eigenvalue weighted by molar-refractivity contribution is -0.0544. The molecule has 0 amide bonds. The second-order valence-electron chi connectivity index (χ2n) is 1.74. The Hall–Kier alpha value is -0.190. The van der Waals surface area contributed by atoms with Crippen LogP contribution in [0.5, 0.6) is 0 Å². The molecular weight excluding hydrogens is 115 g/mol. The second kappa shape index (κ2) is 1.97. The minimum atomic E-state index is -1.70. The molecule has 4 heteroatoms. The van der Waals surface area contributed by atoms with Crippen molar-refractivity contribution in [1.82, 2.24) is 0 Å². The molecule has 0 aromatic heterocycles. The molecule has 1 aliphatic rings. The maximum Gasteiger partial charge on any atom is 0.227 e. The maximum absolute atomic E-state index is 11.9. The van der Waals surface area contributed by atoms with Crippen LogP contribution >= 0.6 is 0 Å². The molecule has 3 nitrogen and oxygen atoms in total. The Kier molecular flexibility index (Phi) is 1.46. The Morgan fingerprint density at radius 3 is 2.25 bits per heavy atom. The summed E-state index contributed by atoms with van der Waals surface area (Å²) in [7, 11) is 0. The predicted octanol–water partition coefficient (Wildman–Crippen LogP) is -0.966. The predicted molar refractivity (Wildman–Crippen MR) is 22.9 cm³/mol. The van der Waals surface area contributed by atoms with E-state index >= 15 is 0 Å². The van der Waals surface area contributed by atoms with Gasteiger partial charge in [-0.15, -0.1) is 0 Å². The average molecular weight is 122 g/mol. The van der Waals surface area contributed by atoms with Gasteiger partial charge in [0.25, 0.3) is 0 Å². The van der Waals surface area contributed by atoms with Gasteiger partial charge in [0.1, 0.15) is 12.2 Å². The first-order valence-electron chi connectivity index (χ1n) is 2.33. The van der Waals surface area contributed by atoms with Crippen molar-refractivity contribution in [3.8, 4) is 0 Å². The molecule has 0 aromatic rings. The van der Waals surface area contributed by atoms with Crippen molar-refractivity contribution in [2.24, 2.45) is 0 Å². The molecule has 0 aromatic carbocycles. The molecule has 0 aliphatic carbocycles. The zero-order valence-electron chi connectivity index (χ0n) is 4.12. The fraction of sp³-hybridized carbons (Fsp3) is 1.00. The molecule has 3 atom stereocenters. The van der Waals surface area contributed by atoms with E-state index < -0.39 is 18.6 Å². The van der Waals surface area contributed by atoms with E-state index in [9.17, 15) is 4.39 Å². The monoisotopic (exact) mass is 122 g/mol. The van der Waals surface area contributed by atoms with E-state index in [1.807, 2.05) is 0 Å². The standard InChI is InChI=1S/C4H7FO3/c5-4-3(7)2(6)1-8-4/h2-4,6-7H,1H2/t2-,3-,4?/m1/s1. The van der Waals surface area contributed by atoms with Crippen molar-refractivity contribution in [2.75, 3.05) is 6.61 Å². The number of hydrogen-bond donors (Lipinski definition) is 2. The molecule has 48 valence electrons. The number of aliphatic hydroxyl groups excluding tert-OH is 2. The van der Waals surface area contributed by atoms with Gasteiger partial charge in [0.05, 0.1) is 6.61 Å². The summed E-state index contributed by atoms with van der Waals surface area (Å²) in [5.41, 5.74) is 0. The fourth-order valence-corrected chi connectivity index (χ4v) is 0.562. The van der Waals surface area contributed by atoms with Crippen LogP contribution in [0.15, 0.2) is 0 Å². The van der Waals surface area contributed by atoms with Crippen LogP contribution in [0.25, 0.3) is 0 Å². The van der Waals surface area contributed by atoms with Crippen LogP contribution in [0.1, 0.15) is 0 Å². The van der Waals surface area contributed by atoms with Crippen molar-refractivity contribution in [2.45, 2.75) is 18.6 Å². The van der Waals surface area contributed by atoms with Crippen LogP contribution in [0.4, 0.5) is 4.39 Å². The van der Waals surface area contributed by atoms with Crippen molar-refractivity contribution < 1.29 is 19.3 Å². The highest BCUT2D eigenvalue weighted by Gasteiger charge is 2.34. The number of ether oxygens (including phenoxy) is 1. The number of hydrogen-bond acceptors (Lipinski definition) is 3. The molecule has 1 fully saturated rings. The lowest BCUT2D eigenvalue weighted by Gasteiger charge is -2.03. The van der Waals surface area contributed by atoms with Gasteiger partial charge in [0, 0.05) is 0 Å². The Morgan fingerprint density at radius 1 is 1.50 bits per heavy atom. The van der Waals surface area contributed by atoms with Gasteiger partial charge in [-0.3, -0.25) is 0 Å². The minimum Gasteiger partial charge on any atom is -0.388 e. The highest BCUT2D eigenvalue weighted by Crippen LogP contribution is 2.13. The van der Waals surface area contributed by atoms with Gasteiger partial charge in [-0.05, 0) is 0 Å². The van der Waals surface area contributed by atoms with Gasteiger partial charge in [-0.25, -0.2) is 4.39 Å². The smallest absolute Gasteiger partial charge is 0.227 e. The molecule has 1 heterocycles. The SMILES string of the molecule is O[C@@H]1COC(F)[C@@H]1O. The van der Waals surface area contributed by atoms with E-state index in [1.165, 1.54) is 0 Å². The first-order chi connectivity index (χ1) is 3.72. The Labute approximate surface area is 45.7 Å². The summed E-state index contributed by atoms with van der Waals surface area (Å²) in [5, 5.41) is 17.1. The van der Waals surface area contributed by atoms with Gasteiger partial charge in [-0.1, -0.05) is 0 Å². The lowest BCUT2D eigenvalue weighted by atomic mass is 10.3.